The van der Waals surface area contributed by atoms with E-state index in [0.717, 1.165) is 36.8 Å². The first-order chi connectivity index (χ1) is 13.9. The van der Waals surface area contributed by atoms with Crippen LogP contribution in [0, 0.1) is 0 Å². The van der Waals surface area contributed by atoms with Crippen LogP contribution < -0.4 is 15.5 Å². The van der Waals surface area contributed by atoms with E-state index in [0.29, 0.717) is 5.56 Å². The fourth-order valence-corrected chi connectivity index (χ4v) is 3.52. The Hall–Kier alpha value is -2.57. The summed E-state index contributed by atoms with van der Waals surface area (Å²) >= 11 is 5.93. The maximum absolute atomic E-state index is 12.2. The molecule has 0 saturated carbocycles. The number of benzene rings is 2. The second kappa shape index (κ2) is 9.76. The van der Waals surface area contributed by atoms with Crippen molar-refractivity contribution in [3.8, 4) is 0 Å². The third kappa shape index (κ3) is 6.21. The highest BCUT2D eigenvalue weighted by Crippen LogP contribution is 2.16. The van der Waals surface area contributed by atoms with Crippen molar-refractivity contribution in [2.45, 2.75) is 19.0 Å². The van der Waals surface area contributed by atoms with Crippen LogP contribution in [0.1, 0.15) is 22.3 Å². The normalized spacial score (nSPS) is 16.4. The Morgan fingerprint density at radius 2 is 1.79 bits per heavy atom. The van der Waals surface area contributed by atoms with E-state index in [1.807, 2.05) is 55.4 Å². The number of halogens is 1. The van der Waals surface area contributed by atoms with Crippen LogP contribution in [-0.4, -0.2) is 56.5 Å². The maximum atomic E-state index is 12.2. The molecule has 0 radical (unpaired) electrons. The Bertz CT molecular complexity index is 837. The number of hydrogen-bond acceptors (Lipinski definition) is 4. The molecule has 3 rings (SSSR count). The second-order valence-electron chi connectivity index (χ2n) is 7.54. The standard InChI is InChI=1S/C22H27ClN4O2/c1-26(2)20-9-5-17(6-10-20)22(29)24-13-21(28)25-19-11-12-27(15-19)14-16-3-7-18(23)8-4-16/h3-10,19H,11-15H2,1-2H3,(H,24,29)(H,25,28). The van der Waals surface area contributed by atoms with Crippen LogP contribution in [0.15, 0.2) is 48.5 Å². The number of amides is 2. The summed E-state index contributed by atoms with van der Waals surface area (Å²) in [5.74, 6) is -0.414. The van der Waals surface area contributed by atoms with Crippen LogP contribution in [-0.2, 0) is 11.3 Å². The van der Waals surface area contributed by atoms with Crippen molar-refractivity contribution < 1.29 is 9.59 Å². The molecule has 1 fully saturated rings. The highest BCUT2D eigenvalue weighted by atomic mass is 35.5. The molecule has 154 valence electrons. The van der Waals surface area contributed by atoms with E-state index in [1.54, 1.807) is 12.1 Å². The number of nitrogens with one attached hydrogen (secondary N) is 2. The smallest absolute Gasteiger partial charge is 0.251 e. The van der Waals surface area contributed by atoms with Gasteiger partial charge in [0, 0.05) is 56.0 Å². The van der Waals surface area contributed by atoms with Crippen molar-refractivity contribution in [2.75, 3.05) is 38.6 Å². The molecular formula is C22H27ClN4O2. The van der Waals surface area contributed by atoms with Gasteiger partial charge in [0.25, 0.3) is 5.91 Å². The predicted octanol–water partition coefficient (Wildman–Crippen LogP) is 2.53. The highest BCUT2D eigenvalue weighted by molar-refractivity contribution is 6.30. The average molecular weight is 415 g/mol. The summed E-state index contributed by atoms with van der Waals surface area (Å²) < 4.78 is 0. The molecule has 2 aromatic rings. The largest absolute Gasteiger partial charge is 0.378 e. The predicted molar refractivity (Wildman–Crippen MR) is 116 cm³/mol. The van der Waals surface area contributed by atoms with Gasteiger partial charge in [-0.25, -0.2) is 0 Å². The van der Waals surface area contributed by atoms with Crippen molar-refractivity contribution >= 4 is 29.1 Å². The summed E-state index contributed by atoms with van der Waals surface area (Å²) in [6.07, 6.45) is 0.902. The summed E-state index contributed by atoms with van der Waals surface area (Å²) in [6, 6.07) is 15.2. The van der Waals surface area contributed by atoms with Crippen molar-refractivity contribution in [1.82, 2.24) is 15.5 Å². The van der Waals surface area contributed by atoms with Gasteiger partial charge in [0.1, 0.15) is 0 Å². The monoisotopic (exact) mass is 414 g/mol. The summed E-state index contributed by atoms with van der Waals surface area (Å²) in [6.45, 7) is 2.54. The van der Waals surface area contributed by atoms with Gasteiger partial charge in [0.05, 0.1) is 6.54 Å². The van der Waals surface area contributed by atoms with Gasteiger partial charge in [-0.05, 0) is 48.4 Å². The minimum Gasteiger partial charge on any atom is -0.378 e. The topological polar surface area (TPSA) is 64.7 Å². The van der Waals surface area contributed by atoms with Gasteiger partial charge in [-0.1, -0.05) is 23.7 Å². The summed E-state index contributed by atoms with van der Waals surface area (Å²) in [7, 11) is 3.89. The molecule has 1 unspecified atom stereocenters. The van der Waals surface area contributed by atoms with Crippen LogP contribution in [0.2, 0.25) is 5.02 Å². The zero-order valence-corrected chi connectivity index (χ0v) is 17.6. The van der Waals surface area contributed by atoms with Gasteiger partial charge >= 0.3 is 0 Å². The molecule has 0 bridgehead atoms. The SMILES string of the molecule is CN(C)c1ccc(C(=O)NCC(=O)NC2CCN(Cc3ccc(Cl)cc3)C2)cc1. The molecule has 1 aliphatic heterocycles. The minimum atomic E-state index is -0.249. The Morgan fingerprint density at radius 1 is 1.10 bits per heavy atom. The molecule has 2 N–H and O–H groups in total. The lowest BCUT2D eigenvalue weighted by molar-refractivity contribution is -0.120. The van der Waals surface area contributed by atoms with Crippen LogP contribution in [0.3, 0.4) is 0 Å². The van der Waals surface area contributed by atoms with Gasteiger partial charge in [-0.3, -0.25) is 14.5 Å². The first kappa shape index (κ1) is 21.1. The summed E-state index contributed by atoms with van der Waals surface area (Å²) in [5, 5.41) is 6.43. The fourth-order valence-electron chi connectivity index (χ4n) is 3.39. The molecule has 1 atom stereocenters. The molecule has 2 amide bonds. The van der Waals surface area contributed by atoms with E-state index in [1.165, 1.54) is 5.56 Å². The highest BCUT2D eigenvalue weighted by Gasteiger charge is 2.24. The molecule has 0 aliphatic carbocycles. The molecule has 0 spiro atoms. The van der Waals surface area contributed by atoms with E-state index in [9.17, 15) is 9.59 Å². The molecule has 1 saturated heterocycles. The lowest BCUT2D eigenvalue weighted by Gasteiger charge is -2.17. The first-order valence-corrected chi connectivity index (χ1v) is 10.1. The summed E-state index contributed by atoms with van der Waals surface area (Å²) in [5.41, 5.74) is 2.76. The van der Waals surface area contributed by atoms with Gasteiger partial charge < -0.3 is 15.5 Å². The van der Waals surface area contributed by atoms with Crippen LogP contribution >= 0.6 is 11.6 Å². The first-order valence-electron chi connectivity index (χ1n) is 9.72. The Kier molecular flexibility index (Phi) is 7.12. The van der Waals surface area contributed by atoms with E-state index >= 15 is 0 Å². The molecule has 7 heteroatoms. The van der Waals surface area contributed by atoms with Crippen molar-refractivity contribution in [1.29, 1.82) is 0 Å². The maximum Gasteiger partial charge on any atom is 0.251 e. The number of carbonyl (C=O) groups excluding carboxylic acids is 2. The van der Waals surface area contributed by atoms with Gasteiger partial charge in [0.15, 0.2) is 0 Å². The van der Waals surface area contributed by atoms with E-state index < -0.39 is 0 Å². The number of anilines is 1. The van der Waals surface area contributed by atoms with E-state index in [4.69, 9.17) is 11.6 Å². The molecular weight excluding hydrogens is 388 g/mol. The number of likely N-dealkylation sites (tertiary alicyclic amines) is 1. The fraction of sp³-hybridized carbons (Fsp3) is 0.364. The molecule has 1 aliphatic rings. The number of carbonyl (C=O) groups is 2. The Balaban J connectivity index is 1.40. The molecule has 0 aromatic heterocycles. The van der Waals surface area contributed by atoms with Crippen molar-refractivity contribution in [2.24, 2.45) is 0 Å². The molecule has 2 aromatic carbocycles. The Labute approximate surface area is 176 Å². The minimum absolute atomic E-state index is 0.0258. The number of nitrogens with zero attached hydrogens (tertiary/aromatic N) is 2. The van der Waals surface area contributed by atoms with Crippen molar-refractivity contribution in [3.63, 3.8) is 0 Å². The molecule has 1 heterocycles. The average Bonchev–Trinajstić information content (AvgIpc) is 3.14. The van der Waals surface area contributed by atoms with Crippen LogP contribution in [0.25, 0.3) is 0 Å². The third-order valence-corrected chi connectivity index (χ3v) is 5.26. The zero-order valence-electron chi connectivity index (χ0n) is 16.8. The summed E-state index contributed by atoms with van der Waals surface area (Å²) in [4.78, 5) is 28.7. The van der Waals surface area contributed by atoms with Crippen LogP contribution in [0.4, 0.5) is 5.69 Å². The number of rotatable bonds is 7. The lowest BCUT2D eigenvalue weighted by atomic mass is 10.2. The third-order valence-electron chi connectivity index (χ3n) is 5.01. The van der Waals surface area contributed by atoms with E-state index in [2.05, 4.69) is 15.5 Å². The second-order valence-corrected chi connectivity index (χ2v) is 7.98. The lowest BCUT2D eigenvalue weighted by Crippen LogP contribution is -2.43. The van der Waals surface area contributed by atoms with Gasteiger partial charge in [0.2, 0.25) is 5.91 Å². The zero-order chi connectivity index (χ0) is 20.8. The van der Waals surface area contributed by atoms with Crippen LogP contribution in [0.5, 0.6) is 0 Å². The van der Waals surface area contributed by atoms with E-state index in [-0.39, 0.29) is 24.4 Å². The molecule has 6 nitrogen and oxygen atoms in total. The van der Waals surface area contributed by atoms with Gasteiger partial charge in [-0.15, -0.1) is 0 Å². The Morgan fingerprint density at radius 3 is 2.45 bits per heavy atom. The quantitative estimate of drug-likeness (QED) is 0.730. The number of hydrogen-bond donors (Lipinski definition) is 2. The van der Waals surface area contributed by atoms with Gasteiger partial charge in [-0.2, -0.15) is 0 Å². The molecule has 29 heavy (non-hydrogen) atoms. The van der Waals surface area contributed by atoms with Crippen molar-refractivity contribution in [3.05, 3.63) is 64.7 Å².